The molecule has 0 aliphatic carbocycles. The van der Waals surface area contributed by atoms with Crippen molar-refractivity contribution < 1.29 is 8.42 Å². The minimum Gasteiger partial charge on any atom is -0.351 e. The normalized spacial score (nSPS) is 17.3. The quantitative estimate of drug-likeness (QED) is 0.730. The molecule has 0 radical (unpaired) electrons. The molecule has 2 aromatic carbocycles. The zero-order valence-electron chi connectivity index (χ0n) is 13.4. The SMILES string of the molecule is O=S(=O)(c1ccc2ccccc2c1)N1CCC(n2cccc2)CC1. The van der Waals surface area contributed by atoms with Gasteiger partial charge in [-0.05, 0) is 47.9 Å². The van der Waals surface area contributed by atoms with Gasteiger partial charge in [-0.2, -0.15) is 4.31 Å². The van der Waals surface area contributed by atoms with E-state index in [1.54, 1.807) is 16.4 Å². The lowest BCUT2D eigenvalue weighted by molar-refractivity contribution is 0.274. The third-order valence-corrected chi connectivity index (χ3v) is 6.73. The van der Waals surface area contributed by atoms with E-state index in [0.717, 1.165) is 23.6 Å². The molecule has 1 aromatic heterocycles. The number of piperidine rings is 1. The molecule has 1 fully saturated rings. The van der Waals surface area contributed by atoms with Gasteiger partial charge in [-0.1, -0.05) is 30.3 Å². The van der Waals surface area contributed by atoms with Crippen molar-refractivity contribution >= 4 is 20.8 Å². The fourth-order valence-corrected chi connectivity index (χ4v) is 4.95. The zero-order valence-corrected chi connectivity index (χ0v) is 14.2. The van der Waals surface area contributed by atoms with Crippen LogP contribution in [0.25, 0.3) is 10.8 Å². The molecule has 0 bridgehead atoms. The number of nitrogens with zero attached hydrogens (tertiary/aromatic N) is 2. The van der Waals surface area contributed by atoms with Crippen LogP contribution in [0.3, 0.4) is 0 Å². The van der Waals surface area contributed by atoms with E-state index in [4.69, 9.17) is 0 Å². The lowest BCUT2D eigenvalue weighted by Gasteiger charge is -2.32. The summed E-state index contributed by atoms with van der Waals surface area (Å²) in [7, 11) is -3.42. The lowest BCUT2D eigenvalue weighted by atomic mass is 10.1. The molecule has 1 aliphatic heterocycles. The Kier molecular flexibility index (Phi) is 3.90. The van der Waals surface area contributed by atoms with E-state index in [-0.39, 0.29) is 0 Å². The van der Waals surface area contributed by atoms with Gasteiger partial charge in [0.05, 0.1) is 4.90 Å². The Bertz CT molecular complexity index is 940. The van der Waals surface area contributed by atoms with Gasteiger partial charge in [0, 0.05) is 31.5 Å². The number of benzene rings is 2. The van der Waals surface area contributed by atoms with Crippen molar-refractivity contribution in [1.29, 1.82) is 0 Å². The maximum atomic E-state index is 12.9. The van der Waals surface area contributed by atoms with E-state index >= 15 is 0 Å². The molecule has 2 heterocycles. The van der Waals surface area contributed by atoms with Crippen molar-refractivity contribution in [3.8, 4) is 0 Å². The maximum absolute atomic E-state index is 12.9. The highest BCUT2D eigenvalue weighted by Crippen LogP contribution is 2.28. The molecular weight excluding hydrogens is 320 g/mol. The van der Waals surface area contributed by atoms with E-state index in [9.17, 15) is 8.42 Å². The number of rotatable bonds is 3. The van der Waals surface area contributed by atoms with Crippen LogP contribution in [-0.2, 0) is 10.0 Å². The monoisotopic (exact) mass is 340 g/mol. The third kappa shape index (κ3) is 2.74. The highest BCUT2D eigenvalue weighted by atomic mass is 32.2. The Balaban J connectivity index is 1.56. The van der Waals surface area contributed by atoms with Crippen molar-refractivity contribution in [2.75, 3.05) is 13.1 Å². The van der Waals surface area contributed by atoms with Crippen LogP contribution >= 0.6 is 0 Å². The van der Waals surface area contributed by atoms with E-state index in [1.165, 1.54) is 0 Å². The molecule has 4 nitrogen and oxygen atoms in total. The Morgan fingerprint density at radius 1 is 0.833 bits per heavy atom. The lowest BCUT2D eigenvalue weighted by Crippen LogP contribution is -2.38. The van der Waals surface area contributed by atoms with Crippen LogP contribution in [0.5, 0.6) is 0 Å². The number of fused-ring (bicyclic) bond motifs is 1. The Labute approximate surface area is 142 Å². The summed E-state index contributed by atoms with van der Waals surface area (Å²) in [5, 5.41) is 2.02. The molecule has 4 rings (SSSR count). The van der Waals surface area contributed by atoms with Gasteiger partial charge in [-0.25, -0.2) is 8.42 Å². The van der Waals surface area contributed by atoms with Gasteiger partial charge in [0.25, 0.3) is 0 Å². The molecule has 24 heavy (non-hydrogen) atoms. The largest absolute Gasteiger partial charge is 0.351 e. The first-order valence-electron chi connectivity index (χ1n) is 8.26. The molecule has 5 heteroatoms. The minimum atomic E-state index is -3.42. The maximum Gasteiger partial charge on any atom is 0.243 e. The van der Waals surface area contributed by atoms with Crippen LogP contribution in [0.1, 0.15) is 18.9 Å². The van der Waals surface area contributed by atoms with Crippen LogP contribution < -0.4 is 0 Å². The molecular formula is C19H20N2O2S. The molecule has 0 amide bonds. The van der Waals surface area contributed by atoms with Gasteiger partial charge in [-0.15, -0.1) is 0 Å². The van der Waals surface area contributed by atoms with Crippen LogP contribution in [0.2, 0.25) is 0 Å². The van der Waals surface area contributed by atoms with Gasteiger partial charge in [0.2, 0.25) is 10.0 Å². The molecule has 0 unspecified atom stereocenters. The average Bonchev–Trinajstić information content (AvgIpc) is 3.16. The van der Waals surface area contributed by atoms with Gasteiger partial charge in [-0.3, -0.25) is 0 Å². The summed E-state index contributed by atoms with van der Waals surface area (Å²) >= 11 is 0. The van der Waals surface area contributed by atoms with Crippen molar-refractivity contribution in [3.05, 3.63) is 67.0 Å². The number of hydrogen-bond acceptors (Lipinski definition) is 2. The molecule has 1 aliphatic rings. The molecule has 1 saturated heterocycles. The topological polar surface area (TPSA) is 42.3 Å². The van der Waals surface area contributed by atoms with Crippen molar-refractivity contribution in [3.63, 3.8) is 0 Å². The second-order valence-corrected chi connectivity index (χ2v) is 8.21. The minimum absolute atomic E-state index is 0.389. The van der Waals surface area contributed by atoms with E-state index < -0.39 is 10.0 Å². The van der Waals surface area contributed by atoms with E-state index in [0.29, 0.717) is 24.0 Å². The third-order valence-electron chi connectivity index (χ3n) is 4.83. The summed E-state index contributed by atoms with van der Waals surface area (Å²) in [5.41, 5.74) is 0. The van der Waals surface area contributed by atoms with E-state index in [1.807, 2.05) is 42.5 Å². The number of sulfonamides is 1. The van der Waals surface area contributed by atoms with Crippen molar-refractivity contribution in [2.45, 2.75) is 23.8 Å². The van der Waals surface area contributed by atoms with Crippen LogP contribution in [-0.4, -0.2) is 30.4 Å². The second kappa shape index (κ2) is 6.07. The highest BCUT2D eigenvalue weighted by molar-refractivity contribution is 7.89. The molecule has 0 atom stereocenters. The number of hydrogen-bond donors (Lipinski definition) is 0. The first kappa shape index (κ1) is 15.4. The summed E-state index contributed by atoms with van der Waals surface area (Å²) in [4.78, 5) is 0.389. The standard InChI is InChI=1S/C19H20N2O2S/c22-24(23,19-8-7-16-5-1-2-6-17(16)15-19)21-13-9-18(10-14-21)20-11-3-4-12-20/h1-8,11-12,15,18H,9-10,13-14H2. The predicted octanol–water partition coefficient (Wildman–Crippen LogP) is 3.67. The molecule has 0 saturated carbocycles. The Hall–Kier alpha value is -2.11. The fraction of sp³-hybridized carbons (Fsp3) is 0.263. The number of aromatic nitrogens is 1. The summed E-state index contributed by atoms with van der Waals surface area (Å²) in [6, 6.07) is 17.6. The summed E-state index contributed by atoms with van der Waals surface area (Å²) in [6.45, 7) is 1.13. The Morgan fingerprint density at radius 3 is 2.21 bits per heavy atom. The van der Waals surface area contributed by atoms with E-state index in [2.05, 4.69) is 17.0 Å². The Morgan fingerprint density at radius 2 is 1.50 bits per heavy atom. The van der Waals surface area contributed by atoms with Gasteiger partial charge >= 0.3 is 0 Å². The average molecular weight is 340 g/mol. The molecule has 0 spiro atoms. The smallest absolute Gasteiger partial charge is 0.243 e. The van der Waals surface area contributed by atoms with Gasteiger partial charge in [0.1, 0.15) is 0 Å². The molecule has 3 aromatic rings. The summed E-state index contributed by atoms with van der Waals surface area (Å²) < 4.78 is 29.7. The van der Waals surface area contributed by atoms with Gasteiger partial charge < -0.3 is 4.57 Å². The first-order valence-corrected chi connectivity index (χ1v) is 9.70. The fourth-order valence-electron chi connectivity index (χ4n) is 3.45. The van der Waals surface area contributed by atoms with Crippen LogP contribution in [0.15, 0.2) is 71.9 Å². The molecule has 0 N–H and O–H groups in total. The summed E-state index contributed by atoms with van der Waals surface area (Å²) in [6.07, 6.45) is 5.80. The first-order chi connectivity index (χ1) is 11.6. The van der Waals surface area contributed by atoms with Crippen LogP contribution in [0.4, 0.5) is 0 Å². The van der Waals surface area contributed by atoms with Gasteiger partial charge in [0.15, 0.2) is 0 Å². The van der Waals surface area contributed by atoms with Crippen LogP contribution in [0, 0.1) is 0 Å². The predicted molar refractivity (Wildman–Crippen MR) is 95.4 cm³/mol. The van der Waals surface area contributed by atoms with Crippen molar-refractivity contribution in [1.82, 2.24) is 8.87 Å². The zero-order chi connectivity index (χ0) is 16.6. The highest BCUT2D eigenvalue weighted by Gasteiger charge is 2.29. The summed E-state index contributed by atoms with van der Waals surface area (Å²) in [5.74, 6) is 0. The molecule has 124 valence electrons. The second-order valence-electron chi connectivity index (χ2n) is 6.27. The van der Waals surface area contributed by atoms with Crippen molar-refractivity contribution in [2.24, 2.45) is 0 Å².